The summed E-state index contributed by atoms with van der Waals surface area (Å²) in [5.74, 6) is 0.0861. The van der Waals surface area contributed by atoms with Crippen LogP contribution in [0.2, 0.25) is 0 Å². The second-order valence-corrected chi connectivity index (χ2v) is 5.84. The Labute approximate surface area is 122 Å². The molecule has 1 N–H and O–H groups in total. The third-order valence-corrected chi connectivity index (χ3v) is 4.46. The normalized spacial score (nSPS) is 10.7. The Bertz CT molecular complexity index is 593. The van der Waals surface area contributed by atoms with Gasteiger partial charge in [0.2, 0.25) is 5.16 Å². The summed E-state index contributed by atoms with van der Waals surface area (Å²) in [5.41, 5.74) is 0. The number of carboxylic acid groups (broad SMARTS) is 1. The van der Waals surface area contributed by atoms with Crippen molar-refractivity contribution in [3.63, 3.8) is 0 Å². The van der Waals surface area contributed by atoms with Crippen molar-refractivity contribution in [2.75, 3.05) is 11.5 Å². The highest BCUT2D eigenvalue weighted by Crippen LogP contribution is 2.23. The summed E-state index contributed by atoms with van der Waals surface area (Å²) < 4.78 is 14.6. The van der Waals surface area contributed by atoms with Crippen molar-refractivity contribution in [1.29, 1.82) is 0 Å². The van der Waals surface area contributed by atoms with E-state index in [1.807, 2.05) is 0 Å². The van der Waals surface area contributed by atoms with Crippen molar-refractivity contribution in [3.8, 4) is 0 Å². The van der Waals surface area contributed by atoms with Crippen LogP contribution in [0.4, 0.5) is 4.39 Å². The van der Waals surface area contributed by atoms with Crippen LogP contribution in [-0.2, 0) is 11.3 Å². The van der Waals surface area contributed by atoms with E-state index in [-0.39, 0.29) is 12.4 Å². The molecule has 9 heteroatoms. The lowest BCUT2D eigenvalue weighted by Crippen LogP contribution is -2.11. The minimum Gasteiger partial charge on any atom is -0.480 e. The predicted molar refractivity (Wildman–Crippen MR) is 73.3 cm³/mol. The minimum atomic E-state index is -1.00. The zero-order valence-electron chi connectivity index (χ0n) is 10.3. The van der Waals surface area contributed by atoms with Crippen LogP contribution in [0, 0.1) is 5.82 Å². The first-order valence-corrected chi connectivity index (χ1v) is 7.62. The van der Waals surface area contributed by atoms with Gasteiger partial charge in [0.25, 0.3) is 0 Å². The molecule has 1 heterocycles. The maximum atomic E-state index is 13.4. The van der Waals surface area contributed by atoms with Crippen molar-refractivity contribution in [2.45, 2.75) is 16.6 Å². The van der Waals surface area contributed by atoms with Crippen LogP contribution in [0.5, 0.6) is 0 Å². The van der Waals surface area contributed by atoms with Gasteiger partial charge in [-0.05, 0) is 22.6 Å². The highest BCUT2D eigenvalue weighted by molar-refractivity contribution is 8.02. The molecule has 0 saturated heterocycles. The topological polar surface area (TPSA) is 80.9 Å². The van der Waals surface area contributed by atoms with Gasteiger partial charge in [-0.25, -0.2) is 9.07 Å². The molecule has 0 saturated carbocycles. The van der Waals surface area contributed by atoms with Gasteiger partial charge in [-0.3, -0.25) is 4.79 Å². The van der Waals surface area contributed by atoms with Crippen molar-refractivity contribution in [2.24, 2.45) is 0 Å². The number of carboxylic acids is 1. The van der Waals surface area contributed by atoms with E-state index in [0.717, 1.165) is 0 Å². The number of hydrogen-bond donors (Lipinski definition) is 1. The Balaban J connectivity index is 1.80. The van der Waals surface area contributed by atoms with Gasteiger partial charge in [-0.15, -0.1) is 16.9 Å². The second kappa shape index (κ2) is 7.25. The predicted octanol–water partition coefficient (Wildman–Crippen LogP) is 1.78. The highest BCUT2D eigenvalue weighted by Gasteiger charge is 2.10. The number of nitrogens with zero attached hydrogens (tertiary/aromatic N) is 4. The molecule has 20 heavy (non-hydrogen) atoms. The lowest BCUT2D eigenvalue weighted by atomic mass is 10.3. The highest BCUT2D eigenvalue weighted by atomic mass is 32.2. The molecule has 0 aliphatic carbocycles. The maximum Gasteiger partial charge on any atom is 0.325 e. The molecular weight excluding hydrogens is 303 g/mol. The van der Waals surface area contributed by atoms with E-state index in [2.05, 4.69) is 15.5 Å². The third kappa shape index (κ3) is 4.20. The largest absolute Gasteiger partial charge is 0.480 e. The first-order valence-electron chi connectivity index (χ1n) is 5.65. The average Bonchev–Trinajstić information content (AvgIpc) is 2.83. The Morgan fingerprint density at radius 3 is 2.80 bits per heavy atom. The standard InChI is InChI=1S/C11H11FN4O2S2/c12-8-3-1-2-4-9(8)19-5-6-20-11-13-14-15-16(11)7-10(17)18/h1-4H,5-7H2,(H,17,18). The molecule has 6 nitrogen and oxygen atoms in total. The van der Waals surface area contributed by atoms with Crippen LogP contribution in [0.1, 0.15) is 0 Å². The lowest BCUT2D eigenvalue weighted by Gasteiger charge is -2.03. The number of tetrazole rings is 1. The smallest absolute Gasteiger partial charge is 0.325 e. The third-order valence-electron chi connectivity index (χ3n) is 2.19. The number of hydrogen-bond acceptors (Lipinski definition) is 6. The van der Waals surface area contributed by atoms with Gasteiger partial charge < -0.3 is 5.11 Å². The van der Waals surface area contributed by atoms with Crippen molar-refractivity contribution in [1.82, 2.24) is 20.2 Å². The van der Waals surface area contributed by atoms with Gasteiger partial charge in [0, 0.05) is 16.4 Å². The molecule has 106 valence electrons. The van der Waals surface area contributed by atoms with Crippen molar-refractivity contribution >= 4 is 29.5 Å². The first-order chi connectivity index (χ1) is 9.66. The Hall–Kier alpha value is -1.61. The van der Waals surface area contributed by atoms with E-state index < -0.39 is 5.97 Å². The second-order valence-electron chi connectivity index (χ2n) is 3.64. The zero-order valence-corrected chi connectivity index (χ0v) is 11.9. The van der Waals surface area contributed by atoms with Crippen LogP contribution < -0.4 is 0 Å². The summed E-state index contributed by atoms with van der Waals surface area (Å²) in [4.78, 5) is 11.2. The van der Waals surface area contributed by atoms with Crippen LogP contribution >= 0.6 is 23.5 Å². The quantitative estimate of drug-likeness (QED) is 0.616. The number of aromatic nitrogens is 4. The summed E-state index contributed by atoms with van der Waals surface area (Å²) in [6.07, 6.45) is 0. The fourth-order valence-corrected chi connectivity index (χ4v) is 3.17. The SMILES string of the molecule is O=C(O)Cn1nnnc1SCCSc1ccccc1F. The molecule has 0 spiro atoms. The fraction of sp³-hybridized carbons (Fsp3) is 0.273. The van der Waals surface area contributed by atoms with E-state index in [1.165, 1.54) is 34.3 Å². The molecular formula is C11H11FN4O2S2. The van der Waals surface area contributed by atoms with E-state index in [1.54, 1.807) is 18.2 Å². The monoisotopic (exact) mass is 314 g/mol. The van der Waals surface area contributed by atoms with Crippen molar-refractivity contribution < 1.29 is 14.3 Å². The number of halogens is 1. The lowest BCUT2D eigenvalue weighted by molar-refractivity contribution is -0.138. The zero-order chi connectivity index (χ0) is 14.4. The Morgan fingerprint density at radius 2 is 2.05 bits per heavy atom. The molecule has 1 aromatic heterocycles. The number of benzene rings is 1. The van der Waals surface area contributed by atoms with E-state index >= 15 is 0 Å². The number of rotatable bonds is 7. The van der Waals surface area contributed by atoms with Gasteiger partial charge in [0.15, 0.2) is 0 Å². The molecule has 2 aromatic rings. The summed E-state index contributed by atoms with van der Waals surface area (Å²) in [6, 6.07) is 6.57. The first kappa shape index (κ1) is 14.8. The summed E-state index contributed by atoms with van der Waals surface area (Å²) >= 11 is 2.74. The van der Waals surface area contributed by atoms with Crippen LogP contribution in [0.25, 0.3) is 0 Å². The molecule has 0 aliphatic heterocycles. The van der Waals surface area contributed by atoms with Crippen LogP contribution in [0.15, 0.2) is 34.3 Å². The maximum absolute atomic E-state index is 13.4. The molecule has 0 amide bonds. The Kier molecular flexibility index (Phi) is 5.36. The summed E-state index contributed by atoms with van der Waals surface area (Å²) in [5, 5.41) is 19.9. The molecule has 0 fully saturated rings. The number of aliphatic carboxylic acids is 1. The molecule has 0 bridgehead atoms. The fourth-order valence-electron chi connectivity index (χ4n) is 1.37. The van der Waals surface area contributed by atoms with Gasteiger partial charge in [0.05, 0.1) is 0 Å². The molecule has 0 radical (unpaired) electrons. The van der Waals surface area contributed by atoms with E-state index in [9.17, 15) is 9.18 Å². The van der Waals surface area contributed by atoms with Crippen LogP contribution in [0.3, 0.4) is 0 Å². The summed E-state index contributed by atoms with van der Waals surface area (Å²) in [6.45, 7) is -0.268. The average molecular weight is 314 g/mol. The Morgan fingerprint density at radius 1 is 1.30 bits per heavy atom. The number of thioether (sulfide) groups is 2. The molecule has 2 rings (SSSR count). The van der Waals surface area contributed by atoms with Gasteiger partial charge >= 0.3 is 5.97 Å². The molecule has 0 atom stereocenters. The van der Waals surface area contributed by atoms with Crippen molar-refractivity contribution in [3.05, 3.63) is 30.1 Å². The molecule has 1 aromatic carbocycles. The minimum absolute atomic E-state index is 0.238. The number of carbonyl (C=O) groups is 1. The van der Waals surface area contributed by atoms with Gasteiger partial charge in [-0.1, -0.05) is 23.9 Å². The summed E-state index contributed by atoms with van der Waals surface area (Å²) in [7, 11) is 0. The van der Waals surface area contributed by atoms with E-state index in [4.69, 9.17) is 5.11 Å². The van der Waals surface area contributed by atoms with Crippen LogP contribution in [-0.4, -0.2) is 42.8 Å². The van der Waals surface area contributed by atoms with Gasteiger partial charge in [-0.2, -0.15) is 0 Å². The van der Waals surface area contributed by atoms with E-state index in [0.29, 0.717) is 21.6 Å². The molecule has 0 unspecified atom stereocenters. The molecule has 0 aliphatic rings. The van der Waals surface area contributed by atoms with Gasteiger partial charge in [0.1, 0.15) is 12.4 Å².